The molecule has 2 aromatic rings. The Morgan fingerprint density at radius 3 is 3.07 bits per heavy atom. The molecule has 0 spiro atoms. The number of aromatic nitrogens is 5. The van der Waals surface area contributed by atoms with E-state index in [1.165, 1.54) is 6.20 Å². The number of aromatic amines is 1. The Bertz CT molecular complexity index is 445. The molecule has 0 aliphatic rings. The van der Waals surface area contributed by atoms with Gasteiger partial charge in [-0.15, -0.1) is 0 Å². The fourth-order valence-electron chi connectivity index (χ4n) is 1.35. The fourth-order valence-corrected chi connectivity index (χ4v) is 1.35. The lowest BCUT2D eigenvalue weighted by Gasteiger charge is -1.99. The van der Waals surface area contributed by atoms with E-state index in [-0.39, 0.29) is 5.78 Å². The van der Waals surface area contributed by atoms with E-state index in [4.69, 9.17) is 0 Å². The first-order valence-electron chi connectivity index (χ1n) is 4.63. The minimum Gasteiger partial charge on any atom is -0.292 e. The van der Waals surface area contributed by atoms with E-state index >= 15 is 0 Å². The molecule has 0 aliphatic heterocycles. The molecule has 15 heavy (non-hydrogen) atoms. The third-order valence-electron chi connectivity index (χ3n) is 2.23. The molecule has 0 radical (unpaired) electrons. The summed E-state index contributed by atoms with van der Waals surface area (Å²) in [5.74, 6) is -0.00931. The Kier molecular flexibility index (Phi) is 2.57. The van der Waals surface area contributed by atoms with Gasteiger partial charge in [0.15, 0.2) is 5.78 Å². The maximum Gasteiger partial charge on any atom is 0.185 e. The molecule has 0 amide bonds. The first kappa shape index (κ1) is 9.57. The van der Waals surface area contributed by atoms with Crippen molar-refractivity contribution in [1.82, 2.24) is 25.2 Å². The maximum absolute atomic E-state index is 11.6. The predicted octanol–water partition coefficient (Wildman–Crippen LogP) is 0.354. The van der Waals surface area contributed by atoms with Crippen molar-refractivity contribution in [3.63, 3.8) is 0 Å². The summed E-state index contributed by atoms with van der Waals surface area (Å²) in [5.41, 5.74) is 1.42. The van der Waals surface area contributed by atoms with Gasteiger partial charge in [0.25, 0.3) is 0 Å². The van der Waals surface area contributed by atoms with Crippen LogP contribution >= 0.6 is 0 Å². The molecule has 0 fully saturated rings. The Morgan fingerprint density at radius 2 is 2.47 bits per heavy atom. The normalized spacial score (nSPS) is 10.5. The SMILES string of the molecule is Cn1nccc1CCC(=O)c1cn[nH]n1. The number of hydrogen-bond donors (Lipinski definition) is 1. The van der Waals surface area contributed by atoms with Crippen LogP contribution in [0.3, 0.4) is 0 Å². The number of rotatable bonds is 4. The number of carbonyl (C=O) groups excluding carboxylic acids is 1. The van der Waals surface area contributed by atoms with Gasteiger partial charge in [-0.2, -0.15) is 20.5 Å². The van der Waals surface area contributed by atoms with Crippen molar-refractivity contribution in [3.05, 3.63) is 29.8 Å². The molecule has 1 N–H and O–H groups in total. The number of hydrogen-bond acceptors (Lipinski definition) is 4. The third-order valence-corrected chi connectivity index (χ3v) is 2.23. The average Bonchev–Trinajstić information content (AvgIpc) is 2.85. The van der Waals surface area contributed by atoms with E-state index in [0.29, 0.717) is 18.5 Å². The second-order valence-electron chi connectivity index (χ2n) is 3.22. The number of nitrogens with zero attached hydrogens (tertiary/aromatic N) is 4. The molecular formula is C9H11N5O. The zero-order valence-corrected chi connectivity index (χ0v) is 8.34. The van der Waals surface area contributed by atoms with Gasteiger partial charge in [-0.3, -0.25) is 9.48 Å². The highest BCUT2D eigenvalue weighted by molar-refractivity contribution is 5.93. The number of H-pyrrole nitrogens is 1. The lowest BCUT2D eigenvalue weighted by molar-refractivity contribution is 0.0977. The summed E-state index contributed by atoms with van der Waals surface area (Å²) in [6.07, 6.45) is 4.25. The standard InChI is InChI=1S/C9H11N5O/c1-14-7(4-5-11-14)2-3-9(15)8-6-10-13-12-8/h4-6H,2-3H2,1H3,(H,10,12,13). The summed E-state index contributed by atoms with van der Waals surface area (Å²) in [6.45, 7) is 0. The van der Waals surface area contributed by atoms with Crippen molar-refractivity contribution in [2.24, 2.45) is 7.05 Å². The number of ketones is 1. The maximum atomic E-state index is 11.6. The first-order valence-corrected chi connectivity index (χ1v) is 4.63. The van der Waals surface area contributed by atoms with Crippen molar-refractivity contribution in [3.8, 4) is 0 Å². The van der Waals surface area contributed by atoms with Gasteiger partial charge in [-0.05, 0) is 12.5 Å². The molecule has 2 aromatic heterocycles. The Morgan fingerprint density at radius 1 is 1.60 bits per heavy atom. The van der Waals surface area contributed by atoms with Crippen LogP contribution in [0.2, 0.25) is 0 Å². The summed E-state index contributed by atoms with van der Waals surface area (Å²) in [6, 6.07) is 1.90. The predicted molar refractivity (Wildman–Crippen MR) is 52.2 cm³/mol. The van der Waals surface area contributed by atoms with Crippen molar-refractivity contribution in [2.45, 2.75) is 12.8 Å². The highest BCUT2D eigenvalue weighted by Gasteiger charge is 2.09. The number of Topliss-reactive ketones (excluding diaryl/α,β-unsaturated/α-hetero) is 1. The van der Waals surface area contributed by atoms with Crippen LogP contribution in [0, 0.1) is 0 Å². The summed E-state index contributed by atoms with van der Waals surface area (Å²) < 4.78 is 1.76. The molecule has 6 heteroatoms. The molecule has 0 saturated carbocycles. The summed E-state index contributed by atoms with van der Waals surface area (Å²) in [4.78, 5) is 11.6. The van der Waals surface area contributed by atoms with Crippen LogP contribution in [0.15, 0.2) is 18.5 Å². The molecule has 78 valence electrons. The fraction of sp³-hybridized carbons (Fsp3) is 0.333. The van der Waals surface area contributed by atoms with Gasteiger partial charge in [-0.25, -0.2) is 0 Å². The topological polar surface area (TPSA) is 76.5 Å². The van der Waals surface area contributed by atoms with Gasteiger partial charge in [0.05, 0.1) is 6.20 Å². The zero-order chi connectivity index (χ0) is 10.7. The minimum absolute atomic E-state index is 0.00931. The van der Waals surface area contributed by atoms with Gasteiger partial charge in [0, 0.05) is 25.4 Å². The molecule has 0 bridgehead atoms. The Hall–Kier alpha value is -1.98. The molecule has 2 rings (SSSR count). The average molecular weight is 205 g/mol. The van der Waals surface area contributed by atoms with E-state index in [2.05, 4.69) is 20.5 Å². The molecule has 0 aromatic carbocycles. The van der Waals surface area contributed by atoms with Crippen molar-refractivity contribution < 1.29 is 4.79 Å². The van der Waals surface area contributed by atoms with E-state index < -0.39 is 0 Å². The quantitative estimate of drug-likeness (QED) is 0.731. The molecule has 0 saturated heterocycles. The lowest BCUT2D eigenvalue weighted by Crippen LogP contribution is -2.05. The number of carbonyl (C=O) groups is 1. The Labute approximate surface area is 86.3 Å². The molecule has 2 heterocycles. The van der Waals surface area contributed by atoms with Crippen molar-refractivity contribution in [1.29, 1.82) is 0 Å². The third kappa shape index (κ3) is 2.09. The van der Waals surface area contributed by atoms with Crippen LogP contribution in [0.4, 0.5) is 0 Å². The van der Waals surface area contributed by atoms with E-state index in [1.807, 2.05) is 13.1 Å². The molecule has 6 nitrogen and oxygen atoms in total. The van der Waals surface area contributed by atoms with E-state index in [1.54, 1.807) is 10.9 Å². The highest BCUT2D eigenvalue weighted by atomic mass is 16.1. The smallest absolute Gasteiger partial charge is 0.185 e. The minimum atomic E-state index is -0.00931. The number of nitrogens with one attached hydrogen (secondary N) is 1. The van der Waals surface area contributed by atoms with Gasteiger partial charge >= 0.3 is 0 Å². The van der Waals surface area contributed by atoms with Crippen LogP contribution in [0.5, 0.6) is 0 Å². The van der Waals surface area contributed by atoms with Crippen LogP contribution in [0.25, 0.3) is 0 Å². The van der Waals surface area contributed by atoms with E-state index in [0.717, 1.165) is 5.69 Å². The summed E-state index contributed by atoms with van der Waals surface area (Å²) in [5, 5.41) is 13.8. The van der Waals surface area contributed by atoms with Crippen LogP contribution < -0.4 is 0 Å². The van der Waals surface area contributed by atoms with Gasteiger partial charge in [0.1, 0.15) is 5.69 Å². The van der Waals surface area contributed by atoms with Crippen LogP contribution in [0.1, 0.15) is 22.6 Å². The summed E-state index contributed by atoms with van der Waals surface area (Å²) in [7, 11) is 1.86. The first-order chi connectivity index (χ1) is 7.27. The largest absolute Gasteiger partial charge is 0.292 e. The van der Waals surface area contributed by atoms with E-state index in [9.17, 15) is 4.79 Å². The number of aryl methyl sites for hydroxylation is 2. The second-order valence-corrected chi connectivity index (χ2v) is 3.22. The zero-order valence-electron chi connectivity index (χ0n) is 8.34. The molecule has 0 aliphatic carbocycles. The van der Waals surface area contributed by atoms with Crippen LogP contribution in [-0.4, -0.2) is 31.0 Å². The lowest BCUT2D eigenvalue weighted by atomic mass is 10.1. The van der Waals surface area contributed by atoms with Gasteiger partial charge < -0.3 is 0 Å². The monoisotopic (exact) mass is 205 g/mol. The summed E-state index contributed by atoms with van der Waals surface area (Å²) >= 11 is 0. The van der Waals surface area contributed by atoms with Crippen LogP contribution in [-0.2, 0) is 13.5 Å². The van der Waals surface area contributed by atoms with Crippen molar-refractivity contribution >= 4 is 5.78 Å². The molecule has 0 atom stereocenters. The molecular weight excluding hydrogens is 194 g/mol. The Balaban J connectivity index is 1.95. The van der Waals surface area contributed by atoms with Crippen molar-refractivity contribution in [2.75, 3.05) is 0 Å². The highest BCUT2D eigenvalue weighted by Crippen LogP contribution is 2.04. The van der Waals surface area contributed by atoms with Gasteiger partial charge in [-0.1, -0.05) is 0 Å². The molecule has 0 unspecified atom stereocenters. The van der Waals surface area contributed by atoms with Gasteiger partial charge in [0.2, 0.25) is 0 Å². The second kappa shape index (κ2) is 4.04.